The fraction of sp³-hybridized carbons (Fsp3) is 0.261. The molecule has 0 aliphatic carbocycles. The van der Waals surface area contributed by atoms with Gasteiger partial charge in [-0.15, -0.1) is 11.3 Å². The summed E-state index contributed by atoms with van der Waals surface area (Å²) in [7, 11) is 1.35. The van der Waals surface area contributed by atoms with Crippen molar-refractivity contribution in [3.05, 3.63) is 48.9 Å². The summed E-state index contributed by atoms with van der Waals surface area (Å²) in [5, 5.41) is 1.05. The molecular weight excluding hydrogens is 467 g/mol. The predicted octanol–water partition coefficient (Wildman–Crippen LogP) is 4.88. The molecule has 11 heteroatoms. The summed E-state index contributed by atoms with van der Waals surface area (Å²) in [5.41, 5.74) is 6.78. The van der Waals surface area contributed by atoms with Gasteiger partial charge in [0.05, 0.1) is 28.8 Å². The van der Waals surface area contributed by atoms with Crippen molar-refractivity contribution in [3.63, 3.8) is 0 Å². The highest BCUT2D eigenvalue weighted by Crippen LogP contribution is 2.45. The zero-order valence-corrected chi connectivity index (χ0v) is 18.9. The Kier molecular flexibility index (Phi) is 5.23. The third kappa shape index (κ3) is 3.56. The maximum Gasteiger partial charge on any atom is 0.416 e. The van der Waals surface area contributed by atoms with E-state index >= 15 is 0 Å². The van der Waals surface area contributed by atoms with Crippen molar-refractivity contribution in [3.8, 4) is 16.2 Å². The van der Waals surface area contributed by atoms with Crippen LogP contribution in [0.15, 0.2) is 43.4 Å². The number of hydrogen-bond donors (Lipinski definition) is 1. The third-order valence-electron chi connectivity index (χ3n) is 6.08. The Morgan fingerprint density at radius 3 is 2.82 bits per heavy atom. The van der Waals surface area contributed by atoms with Crippen LogP contribution >= 0.6 is 11.3 Å². The third-order valence-corrected chi connectivity index (χ3v) is 7.28. The number of methoxy groups -OCH3 is 1. The zero-order chi connectivity index (χ0) is 24.2. The average molecular weight is 488 g/mol. The number of nitrogens with zero attached hydrogens (tertiary/aromatic N) is 4. The number of carbonyl (C=O) groups excluding carboxylic acids is 1. The van der Waals surface area contributed by atoms with Crippen molar-refractivity contribution in [1.29, 1.82) is 0 Å². The van der Waals surface area contributed by atoms with Crippen LogP contribution in [0.4, 0.5) is 19.0 Å². The highest BCUT2D eigenvalue weighted by atomic mass is 32.1. The first-order valence-corrected chi connectivity index (χ1v) is 11.2. The van der Waals surface area contributed by atoms with Gasteiger partial charge in [0.1, 0.15) is 23.5 Å². The Morgan fingerprint density at radius 1 is 1.32 bits per heavy atom. The minimum Gasteiger partial charge on any atom is -0.495 e. The van der Waals surface area contributed by atoms with Crippen molar-refractivity contribution < 1.29 is 22.7 Å². The molecule has 1 atom stereocenters. The van der Waals surface area contributed by atoms with Crippen molar-refractivity contribution in [1.82, 2.24) is 19.4 Å². The monoisotopic (exact) mass is 487 g/mol. The number of ether oxygens (including phenoxy) is 1. The van der Waals surface area contributed by atoms with E-state index in [1.165, 1.54) is 30.8 Å². The lowest BCUT2D eigenvalue weighted by molar-refractivity contribution is -0.137. The standard InChI is InChI=1S/C23H20F3N5O2S/c1-3-18(32)30-5-4-14(9-30)31-10-15(19-21(27)28-11-29-22(19)31)17-7-12-6-13(23(24,25)26)8-16(33-2)20(12)34-17/h3,6-8,10-11,14H,1,4-5,9H2,2H3,(H2,27,28,29). The van der Waals surface area contributed by atoms with Crippen LogP contribution in [0.1, 0.15) is 18.0 Å². The van der Waals surface area contributed by atoms with E-state index in [1.54, 1.807) is 11.0 Å². The number of fused-ring (bicyclic) bond motifs is 2. The molecule has 4 aromatic rings. The molecule has 2 N–H and O–H groups in total. The molecule has 1 aliphatic heterocycles. The van der Waals surface area contributed by atoms with Crippen LogP contribution in [0.5, 0.6) is 5.75 Å². The molecule has 1 fully saturated rings. The van der Waals surface area contributed by atoms with Gasteiger partial charge in [-0.25, -0.2) is 9.97 Å². The van der Waals surface area contributed by atoms with Crippen molar-refractivity contribution in [2.75, 3.05) is 25.9 Å². The fourth-order valence-electron chi connectivity index (χ4n) is 4.44. The van der Waals surface area contributed by atoms with Gasteiger partial charge in [0.25, 0.3) is 0 Å². The van der Waals surface area contributed by atoms with E-state index in [1.807, 2.05) is 10.8 Å². The first-order chi connectivity index (χ1) is 16.2. The van der Waals surface area contributed by atoms with E-state index < -0.39 is 11.7 Å². The summed E-state index contributed by atoms with van der Waals surface area (Å²) in [6.07, 6.45) is 0.797. The molecule has 1 saturated heterocycles. The van der Waals surface area contributed by atoms with Gasteiger partial charge in [0, 0.05) is 29.7 Å². The Balaban J connectivity index is 1.66. The molecule has 0 radical (unpaired) electrons. The Bertz CT molecular complexity index is 1440. The second-order valence-electron chi connectivity index (χ2n) is 8.04. The quantitative estimate of drug-likeness (QED) is 0.415. The molecule has 0 saturated carbocycles. The number of aromatic nitrogens is 3. The van der Waals surface area contributed by atoms with E-state index in [9.17, 15) is 18.0 Å². The number of likely N-dealkylation sites (tertiary alicyclic amines) is 1. The van der Waals surface area contributed by atoms with Gasteiger partial charge in [-0.2, -0.15) is 13.2 Å². The number of amides is 1. The summed E-state index contributed by atoms with van der Waals surface area (Å²) in [5.74, 6) is 0.296. The summed E-state index contributed by atoms with van der Waals surface area (Å²) < 4.78 is 48.0. The highest BCUT2D eigenvalue weighted by molar-refractivity contribution is 7.22. The molecule has 1 unspecified atom stereocenters. The van der Waals surface area contributed by atoms with E-state index in [2.05, 4.69) is 16.5 Å². The predicted molar refractivity (Wildman–Crippen MR) is 125 cm³/mol. The SMILES string of the molecule is C=CC(=O)N1CCC(n2cc(-c3cc4cc(C(F)(F)F)cc(OC)c4s3)c3c(N)ncnc32)C1. The molecule has 0 bridgehead atoms. The number of benzene rings is 1. The van der Waals surface area contributed by atoms with Crippen LogP contribution < -0.4 is 10.5 Å². The zero-order valence-electron chi connectivity index (χ0n) is 18.1. The summed E-state index contributed by atoms with van der Waals surface area (Å²) >= 11 is 1.31. The van der Waals surface area contributed by atoms with Crippen LogP contribution in [0, 0.1) is 0 Å². The molecule has 1 amide bonds. The number of anilines is 1. The molecule has 34 heavy (non-hydrogen) atoms. The first kappa shape index (κ1) is 22.2. The molecule has 7 nitrogen and oxygen atoms in total. The lowest BCUT2D eigenvalue weighted by Gasteiger charge is -2.15. The maximum atomic E-state index is 13.4. The fourth-order valence-corrected chi connectivity index (χ4v) is 5.59. The number of nitrogen functional groups attached to an aromatic ring is 1. The number of hydrogen-bond acceptors (Lipinski definition) is 6. The van der Waals surface area contributed by atoms with E-state index in [0.717, 1.165) is 29.0 Å². The molecular formula is C23H20F3N5O2S. The maximum absolute atomic E-state index is 13.4. The van der Waals surface area contributed by atoms with Crippen molar-refractivity contribution >= 4 is 44.2 Å². The van der Waals surface area contributed by atoms with Crippen molar-refractivity contribution in [2.45, 2.75) is 18.6 Å². The normalized spacial score (nSPS) is 16.5. The number of nitrogens with two attached hydrogens (primary N) is 1. The topological polar surface area (TPSA) is 86.3 Å². The summed E-state index contributed by atoms with van der Waals surface area (Å²) in [6, 6.07) is 3.79. The minimum atomic E-state index is -4.49. The first-order valence-electron chi connectivity index (χ1n) is 10.4. The number of rotatable bonds is 4. The summed E-state index contributed by atoms with van der Waals surface area (Å²) in [4.78, 5) is 23.1. The molecule has 1 aliphatic rings. The number of thiophene rings is 1. The van der Waals surface area contributed by atoms with Crippen LogP contribution in [0.3, 0.4) is 0 Å². The highest BCUT2D eigenvalue weighted by Gasteiger charge is 2.33. The van der Waals surface area contributed by atoms with Crippen LogP contribution in [-0.4, -0.2) is 45.5 Å². The van der Waals surface area contributed by atoms with E-state index in [4.69, 9.17) is 10.5 Å². The van der Waals surface area contributed by atoms with Gasteiger partial charge in [-0.05, 0) is 36.1 Å². The molecule has 3 aromatic heterocycles. The van der Waals surface area contributed by atoms with E-state index in [-0.39, 0.29) is 23.5 Å². The second kappa shape index (κ2) is 8.01. The minimum absolute atomic E-state index is 0.0322. The lowest BCUT2D eigenvalue weighted by Crippen LogP contribution is -2.27. The van der Waals surface area contributed by atoms with Crippen LogP contribution in [0.2, 0.25) is 0 Å². The lowest BCUT2D eigenvalue weighted by atomic mass is 10.1. The van der Waals surface area contributed by atoms with Crippen molar-refractivity contribution in [2.24, 2.45) is 0 Å². The molecule has 1 aromatic carbocycles. The van der Waals surface area contributed by atoms with E-state index in [0.29, 0.717) is 34.2 Å². The van der Waals surface area contributed by atoms with Gasteiger partial charge in [0.2, 0.25) is 5.91 Å². The number of alkyl halides is 3. The van der Waals surface area contributed by atoms with Crippen LogP contribution in [-0.2, 0) is 11.0 Å². The molecule has 5 rings (SSSR count). The average Bonchev–Trinajstić information content (AvgIpc) is 3.53. The second-order valence-corrected chi connectivity index (χ2v) is 9.10. The Labute approximate surface area is 196 Å². The van der Waals surface area contributed by atoms with Gasteiger partial charge in [0.15, 0.2) is 0 Å². The van der Waals surface area contributed by atoms with Gasteiger partial charge in [-0.3, -0.25) is 4.79 Å². The largest absolute Gasteiger partial charge is 0.495 e. The number of carbonyl (C=O) groups is 1. The number of halogens is 3. The van der Waals surface area contributed by atoms with Crippen LogP contribution in [0.25, 0.3) is 31.6 Å². The molecule has 0 spiro atoms. The van der Waals surface area contributed by atoms with Gasteiger partial charge >= 0.3 is 6.18 Å². The Hall–Kier alpha value is -3.60. The van der Waals surface area contributed by atoms with Gasteiger partial charge < -0.3 is 19.9 Å². The molecule has 176 valence electrons. The summed E-state index contributed by atoms with van der Waals surface area (Å²) in [6.45, 7) is 4.63. The molecule has 4 heterocycles. The Morgan fingerprint density at radius 2 is 2.12 bits per heavy atom. The smallest absolute Gasteiger partial charge is 0.416 e. The van der Waals surface area contributed by atoms with Gasteiger partial charge in [-0.1, -0.05) is 6.58 Å².